The van der Waals surface area contributed by atoms with E-state index in [1.54, 1.807) is 0 Å². The SMILES string of the molecule is CC.CC(C)(C)c1ccccc1.CP(P)PP. The minimum Gasteiger partial charge on any atom is -0.110 e. The molecule has 0 aromatic heterocycles. The smallest absolute Gasteiger partial charge is 0.0132 e. The molecule has 4 unspecified atom stereocenters. The molecule has 0 amide bonds. The van der Waals surface area contributed by atoms with Gasteiger partial charge in [0.15, 0.2) is 0 Å². The molecule has 0 fully saturated rings. The second kappa shape index (κ2) is 12.0. The van der Waals surface area contributed by atoms with E-state index in [1.807, 2.05) is 13.8 Å². The van der Waals surface area contributed by atoms with Crippen molar-refractivity contribution in [1.29, 1.82) is 0 Å². The van der Waals surface area contributed by atoms with Gasteiger partial charge in [0.25, 0.3) is 0 Å². The lowest BCUT2D eigenvalue weighted by atomic mass is 9.87. The quantitative estimate of drug-likeness (QED) is 0.535. The number of rotatable bonds is 1. The monoisotopic (exact) mass is 308 g/mol. The number of hydrogen-bond acceptors (Lipinski definition) is 0. The fourth-order valence-electron chi connectivity index (χ4n) is 0.938. The van der Waals surface area contributed by atoms with Crippen molar-refractivity contribution in [1.82, 2.24) is 0 Å². The van der Waals surface area contributed by atoms with Crippen LogP contribution in [0.25, 0.3) is 0 Å². The van der Waals surface area contributed by atoms with Crippen LogP contribution in [0.2, 0.25) is 0 Å². The molecule has 4 atom stereocenters. The maximum atomic E-state index is 2.79. The van der Waals surface area contributed by atoms with Crippen LogP contribution < -0.4 is 0 Å². The third-order valence-electron chi connectivity index (χ3n) is 1.84. The summed E-state index contributed by atoms with van der Waals surface area (Å²) in [7, 11) is 6.89. The first-order chi connectivity index (χ1) is 7.88. The van der Waals surface area contributed by atoms with Crippen LogP contribution in [0.1, 0.15) is 40.2 Å². The normalized spacial score (nSPS) is 12.2. The van der Waals surface area contributed by atoms with E-state index < -0.39 is 0 Å². The van der Waals surface area contributed by atoms with Crippen molar-refractivity contribution in [2.45, 2.75) is 40.0 Å². The van der Waals surface area contributed by atoms with Crippen molar-refractivity contribution in [2.24, 2.45) is 0 Å². The third kappa shape index (κ3) is 13.2. The van der Waals surface area contributed by atoms with Gasteiger partial charge in [-0.15, -0.1) is 17.9 Å². The van der Waals surface area contributed by atoms with Crippen LogP contribution in [0.4, 0.5) is 0 Å². The maximum absolute atomic E-state index is 2.79. The Balaban J connectivity index is 0. The maximum Gasteiger partial charge on any atom is -0.0132 e. The van der Waals surface area contributed by atoms with Crippen molar-refractivity contribution < 1.29 is 0 Å². The lowest BCUT2D eigenvalue weighted by molar-refractivity contribution is 0.590. The highest BCUT2D eigenvalue weighted by Gasteiger charge is 2.11. The lowest BCUT2D eigenvalue weighted by Gasteiger charge is -2.18. The second-order valence-electron chi connectivity index (χ2n) is 4.36. The largest absolute Gasteiger partial charge is 0.110 e. The van der Waals surface area contributed by atoms with Gasteiger partial charge < -0.3 is 0 Å². The zero-order chi connectivity index (χ0) is 13.9. The highest BCUT2D eigenvalue weighted by atomic mass is 32.6. The van der Waals surface area contributed by atoms with E-state index in [1.165, 1.54) is 5.56 Å². The highest BCUT2D eigenvalue weighted by Crippen LogP contribution is 2.62. The first kappa shape index (κ1) is 20.3. The molecule has 0 saturated carbocycles. The molecule has 17 heavy (non-hydrogen) atoms. The van der Waals surface area contributed by atoms with Gasteiger partial charge in [0.1, 0.15) is 0 Å². The van der Waals surface area contributed by atoms with Gasteiger partial charge in [-0.3, -0.25) is 0 Å². The van der Waals surface area contributed by atoms with Crippen molar-refractivity contribution in [3.63, 3.8) is 0 Å². The van der Waals surface area contributed by atoms with E-state index in [4.69, 9.17) is 0 Å². The predicted octanol–water partition coefficient (Wildman–Crippen LogP) is 6.28. The molecule has 0 heterocycles. The minimum absolute atomic E-state index is 0.293. The Hall–Kier alpha value is 0.940. The Morgan fingerprint density at radius 1 is 1.06 bits per heavy atom. The van der Waals surface area contributed by atoms with Crippen molar-refractivity contribution in [3.8, 4) is 0 Å². The molecule has 1 aromatic carbocycles. The summed E-state index contributed by atoms with van der Waals surface area (Å²) >= 11 is 0. The molecule has 0 spiro atoms. The van der Waals surface area contributed by atoms with Gasteiger partial charge in [0.05, 0.1) is 0 Å². The van der Waals surface area contributed by atoms with Gasteiger partial charge in [-0.1, -0.05) is 80.2 Å². The summed E-state index contributed by atoms with van der Waals surface area (Å²) < 4.78 is 0. The van der Waals surface area contributed by atoms with Gasteiger partial charge in [-0.05, 0) is 17.6 Å². The summed E-state index contributed by atoms with van der Waals surface area (Å²) in [5.41, 5.74) is 1.69. The Bertz CT molecular complexity index is 252. The average Bonchev–Trinajstić information content (AvgIpc) is 2.32. The average molecular weight is 308 g/mol. The first-order valence-corrected chi connectivity index (χ1v) is 12.9. The van der Waals surface area contributed by atoms with E-state index in [0.717, 1.165) is 7.96 Å². The summed E-state index contributed by atoms with van der Waals surface area (Å²) in [6, 6.07) is 10.6. The van der Waals surface area contributed by atoms with Gasteiger partial charge in [-0.2, -0.15) is 0 Å². The van der Waals surface area contributed by atoms with E-state index in [-0.39, 0.29) is 0 Å². The highest BCUT2D eigenvalue weighted by molar-refractivity contribution is 8.60. The van der Waals surface area contributed by atoms with Gasteiger partial charge in [0.2, 0.25) is 0 Å². The molecule has 0 nitrogen and oxygen atoms in total. The van der Waals surface area contributed by atoms with Crippen molar-refractivity contribution in [3.05, 3.63) is 35.9 Å². The van der Waals surface area contributed by atoms with Crippen molar-refractivity contribution >= 4 is 33.1 Å². The van der Waals surface area contributed by atoms with Crippen LogP contribution in [0.3, 0.4) is 0 Å². The molecule has 1 aromatic rings. The number of hydrogen-bond donors (Lipinski definition) is 0. The van der Waals surface area contributed by atoms with Crippen LogP contribution in [-0.4, -0.2) is 6.66 Å². The molecule has 0 N–H and O–H groups in total. The summed E-state index contributed by atoms with van der Waals surface area (Å²) in [6.45, 7) is 12.9. The summed E-state index contributed by atoms with van der Waals surface area (Å²) in [5, 5.41) is 0. The van der Waals surface area contributed by atoms with Crippen LogP contribution in [-0.2, 0) is 5.41 Å². The van der Waals surface area contributed by atoms with Crippen LogP contribution in [0.15, 0.2) is 30.3 Å². The summed E-state index contributed by atoms with van der Waals surface area (Å²) in [6.07, 6.45) is 0. The van der Waals surface area contributed by atoms with E-state index in [2.05, 4.69) is 75.6 Å². The summed E-state index contributed by atoms with van der Waals surface area (Å²) in [4.78, 5) is 0. The van der Waals surface area contributed by atoms with Crippen LogP contribution in [0, 0.1) is 0 Å². The molecule has 0 saturated heterocycles. The van der Waals surface area contributed by atoms with Gasteiger partial charge in [0, 0.05) is 0 Å². The van der Waals surface area contributed by atoms with Gasteiger partial charge >= 0.3 is 0 Å². The third-order valence-corrected chi connectivity index (χ3v) is 11.2. The molecular weight excluding hydrogens is 280 g/mol. The Kier molecular flexibility index (Phi) is 14.3. The van der Waals surface area contributed by atoms with Crippen LogP contribution >= 0.6 is 33.1 Å². The first-order valence-electron chi connectivity index (χ1n) is 5.88. The molecule has 1 rings (SSSR count). The fraction of sp³-hybridized carbons (Fsp3) is 0.538. The fourth-order valence-corrected chi connectivity index (χ4v) is 0.938. The van der Waals surface area contributed by atoms with Gasteiger partial charge in [-0.25, -0.2) is 0 Å². The van der Waals surface area contributed by atoms with E-state index >= 15 is 0 Å². The molecule has 0 radical (unpaired) electrons. The molecule has 0 aliphatic heterocycles. The van der Waals surface area contributed by atoms with E-state index in [9.17, 15) is 0 Å². The molecule has 100 valence electrons. The molecule has 0 bridgehead atoms. The zero-order valence-corrected chi connectivity index (χ0v) is 16.2. The zero-order valence-electron chi connectivity index (χ0n) is 12.0. The standard InChI is InChI=1S/C10H14.C2H6.CH8P4/c1-10(2,3)9-7-5-4-6-8-9;1-2;1-5(3)4-2/h4-8H,1-3H3;1-2H3;4H,2-3H2,1H3. The Morgan fingerprint density at radius 2 is 1.41 bits per heavy atom. The number of benzene rings is 1. The predicted molar refractivity (Wildman–Crippen MR) is 97.1 cm³/mol. The minimum atomic E-state index is 0.293. The Morgan fingerprint density at radius 3 is 1.59 bits per heavy atom. The summed E-state index contributed by atoms with van der Waals surface area (Å²) in [5.74, 6) is 0. The molecule has 4 heteroatoms. The molecular formula is C13H28P4. The van der Waals surface area contributed by atoms with Crippen LogP contribution in [0.5, 0.6) is 0 Å². The molecule has 0 aliphatic carbocycles. The van der Waals surface area contributed by atoms with Crippen molar-refractivity contribution in [2.75, 3.05) is 6.66 Å². The second-order valence-corrected chi connectivity index (χ2v) is 14.9. The van der Waals surface area contributed by atoms with E-state index in [0.29, 0.717) is 12.7 Å². The topological polar surface area (TPSA) is 0 Å². The molecule has 0 aliphatic rings. The Labute approximate surface area is 116 Å². The lowest BCUT2D eigenvalue weighted by Crippen LogP contribution is -2.10.